The van der Waals surface area contributed by atoms with Crippen LogP contribution in [-0.4, -0.2) is 29.4 Å². The van der Waals surface area contributed by atoms with Crippen molar-refractivity contribution in [1.82, 2.24) is 10.6 Å². The quantitative estimate of drug-likeness (QED) is 0.474. The van der Waals surface area contributed by atoms with Crippen LogP contribution in [0.4, 0.5) is 0 Å². The van der Waals surface area contributed by atoms with E-state index in [1.807, 2.05) is 6.92 Å². The van der Waals surface area contributed by atoms with Gasteiger partial charge in [-0.05, 0) is 19.3 Å². The molecular formula is C11H21N3O2S. The Morgan fingerprint density at radius 2 is 1.88 bits per heavy atom. The van der Waals surface area contributed by atoms with Gasteiger partial charge in [0, 0.05) is 6.04 Å². The minimum Gasteiger partial charge on any atom is -0.392 e. The number of nitrogens with two attached hydrogens (primary N) is 1. The van der Waals surface area contributed by atoms with Crippen molar-refractivity contribution in [3.8, 4) is 0 Å². The number of hydrogen-bond donors (Lipinski definition) is 3. The second-order valence-electron chi connectivity index (χ2n) is 4.27. The molecule has 0 aliphatic rings. The lowest BCUT2D eigenvalue weighted by Gasteiger charge is -2.17. The van der Waals surface area contributed by atoms with Crippen LogP contribution in [0.25, 0.3) is 0 Å². The molecule has 2 atom stereocenters. The smallest absolute Gasteiger partial charge is 0.309 e. The molecular weight excluding hydrogens is 238 g/mol. The van der Waals surface area contributed by atoms with Crippen molar-refractivity contribution in [2.75, 3.05) is 6.54 Å². The Bertz CT molecular complexity index is 294. The normalized spacial score (nSPS) is 13.6. The van der Waals surface area contributed by atoms with E-state index < -0.39 is 11.8 Å². The minimum atomic E-state index is -0.700. The van der Waals surface area contributed by atoms with Gasteiger partial charge in [-0.15, -0.1) is 0 Å². The molecule has 0 aromatic rings. The Balaban J connectivity index is 3.98. The molecule has 0 aliphatic heterocycles. The fourth-order valence-corrected chi connectivity index (χ4v) is 1.44. The molecule has 0 radical (unpaired) electrons. The highest BCUT2D eigenvalue weighted by Crippen LogP contribution is 2.08. The molecule has 0 saturated carbocycles. The first-order valence-electron chi connectivity index (χ1n) is 5.73. The van der Waals surface area contributed by atoms with Gasteiger partial charge in [0.15, 0.2) is 0 Å². The van der Waals surface area contributed by atoms with E-state index in [1.54, 1.807) is 0 Å². The Hall–Kier alpha value is -1.17. The number of thiocarbonyl (C=S) groups is 1. The summed E-state index contributed by atoms with van der Waals surface area (Å²) in [5.41, 5.74) is 5.21. The lowest BCUT2D eigenvalue weighted by atomic mass is 10.0. The first kappa shape index (κ1) is 15.8. The molecule has 2 unspecified atom stereocenters. The van der Waals surface area contributed by atoms with Crippen LogP contribution in [0, 0.1) is 5.92 Å². The van der Waals surface area contributed by atoms with Crippen LogP contribution < -0.4 is 16.4 Å². The summed E-state index contributed by atoms with van der Waals surface area (Å²) in [6.45, 7) is 6.12. The fourth-order valence-electron chi connectivity index (χ4n) is 1.37. The van der Waals surface area contributed by atoms with Crippen molar-refractivity contribution in [2.45, 2.75) is 39.7 Å². The van der Waals surface area contributed by atoms with Crippen molar-refractivity contribution < 1.29 is 9.59 Å². The zero-order valence-corrected chi connectivity index (χ0v) is 11.4. The maximum atomic E-state index is 11.4. The van der Waals surface area contributed by atoms with Crippen molar-refractivity contribution in [2.24, 2.45) is 11.7 Å². The topological polar surface area (TPSA) is 84.2 Å². The molecule has 0 bridgehead atoms. The summed E-state index contributed by atoms with van der Waals surface area (Å²) >= 11 is 4.59. The fraction of sp³-hybridized carbons (Fsp3) is 0.727. The summed E-state index contributed by atoms with van der Waals surface area (Å²) in [5.74, 6) is -0.823. The van der Waals surface area contributed by atoms with Gasteiger partial charge >= 0.3 is 11.8 Å². The van der Waals surface area contributed by atoms with E-state index in [1.165, 1.54) is 0 Å². The molecule has 0 saturated heterocycles. The van der Waals surface area contributed by atoms with Gasteiger partial charge < -0.3 is 16.4 Å². The van der Waals surface area contributed by atoms with E-state index in [9.17, 15) is 9.59 Å². The van der Waals surface area contributed by atoms with Crippen LogP contribution in [0.1, 0.15) is 33.6 Å². The standard InChI is InChI=1S/C11H21N3O2S/c1-4-7(2)5-8(3)14-11(16)10(15)13-6-9(12)17/h7-8H,4-6H2,1-3H3,(H2,12,17)(H,13,15)(H,14,16). The Labute approximate surface area is 108 Å². The number of carbonyl (C=O) groups excluding carboxylic acids is 2. The lowest BCUT2D eigenvalue weighted by molar-refractivity contribution is -0.139. The van der Waals surface area contributed by atoms with Crippen LogP contribution in [0.15, 0.2) is 0 Å². The minimum absolute atomic E-state index is 0.0203. The molecule has 98 valence electrons. The Kier molecular flexibility index (Phi) is 7.45. The highest BCUT2D eigenvalue weighted by molar-refractivity contribution is 7.80. The molecule has 0 aromatic carbocycles. The summed E-state index contributed by atoms with van der Waals surface area (Å²) in [6, 6.07) is -0.0203. The molecule has 5 nitrogen and oxygen atoms in total. The summed E-state index contributed by atoms with van der Waals surface area (Å²) in [4.78, 5) is 22.9. The van der Waals surface area contributed by atoms with Crippen molar-refractivity contribution in [1.29, 1.82) is 0 Å². The summed E-state index contributed by atoms with van der Waals surface area (Å²) < 4.78 is 0. The van der Waals surface area contributed by atoms with E-state index >= 15 is 0 Å². The molecule has 0 aromatic heterocycles. The second-order valence-corrected chi connectivity index (χ2v) is 4.80. The molecule has 0 rings (SSSR count). The maximum Gasteiger partial charge on any atom is 0.309 e. The lowest BCUT2D eigenvalue weighted by Crippen LogP contribution is -2.45. The van der Waals surface area contributed by atoms with E-state index in [4.69, 9.17) is 5.73 Å². The number of nitrogens with one attached hydrogen (secondary N) is 2. The largest absolute Gasteiger partial charge is 0.392 e. The number of rotatable bonds is 6. The third-order valence-corrected chi connectivity index (χ3v) is 2.60. The highest BCUT2D eigenvalue weighted by Gasteiger charge is 2.16. The summed E-state index contributed by atoms with van der Waals surface area (Å²) in [7, 11) is 0. The zero-order valence-electron chi connectivity index (χ0n) is 10.6. The summed E-state index contributed by atoms with van der Waals surface area (Å²) in [5, 5.41) is 4.97. The van der Waals surface area contributed by atoms with Gasteiger partial charge in [-0.3, -0.25) is 9.59 Å². The van der Waals surface area contributed by atoms with Crippen molar-refractivity contribution in [3.63, 3.8) is 0 Å². The molecule has 17 heavy (non-hydrogen) atoms. The van der Waals surface area contributed by atoms with Gasteiger partial charge in [0.2, 0.25) is 0 Å². The number of amides is 2. The zero-order chi connectivity index (χ0) is 13.4. The molecule has 0 spiro atoms. The van der Waals surface area contributed by atoms with Crippen LogP contribution >= 0.6 is 12.2 Å². The van der Waals surface area contributed by atoms with Crippen LogP contribution in [0.5, 0.6) is 0 Å². The average Bonchev–Trinajstić information content (AvgIpc) is 2.25. The van der Waals surface area contributed by atoms with E-state index in [2.05, 4.69) is 36.7 Å². The second kappa shape index (κ2) is 8.00. The first-order valence-corrected chi connectivity index (χ1v) is 6.14. The first-order chi connectivity index (χ1) is 7.86. The third-order valence-electron chi connectivity index (χ3n) is 2.46. The number of hydrogen-bond acceptors (Lipinski definition) is 3. The van der Waals surface area contributed by atoms with E-state index in [0.29, 0.717) is 5.92 Å². The molecule has 0 fully saturated rings. The molecule has 6 heteroatoms. The van der Waals surface area contributed by atoms with Gasteiger partial charge in [-0.2, -0.15) is 0 Å². The van der Waals surface area contributed by atoms with Gasteiger partial charge in [0.1, 0.15) is 0 Å². The third kappa shape index (κ3) is 7.68. The summed E-state index contributed by atoms with van der Waals surface area (Å²) in [6.07, 6.45) is 1.90. The van der Waals surface area contributed by atoms with Crippen LogP contribution in [-0.2, 0) is 9.59 Å². The van der Waals surface area contributed by atoms with Crippen LogP contribution in [0.2, 0.25) is 0 Å². The van der Waals surface area contributed by atoms with Crippen LogP contribution in [0.3, 0.4) is 0 Å². The van der Waals surface area contributed by atoms with Gasteiger partial charge in [-0.25, -0.2) is 0 Å². The van der Waals surface area contributed by atoms with Gasteiger partial charge in [0.05, 0.1) is 11.5 Å². The van der Waals surface area contributed by atoms with Gasteiger partial charge in [-0.1, -0.05) is 32.5 Å². The Morgan fingerprint density at radius 1 is 1.29 bits per heavy atom. The maximum absolute atomic E-state index is 11.4. The number of carbonyl (C=O) groups is 2. The molecule has 4 N–H and O–H groups in total. The SMILES string of the molecule is CCC(C)CC(C)NC(=O)C(=O)NCC(N)=S. The van der Waals surface area contributed by atoms with E-state index in [-0.39, 0.29) is 17.6 Å². The van der Waals surface area contributed by atoms with Gasteiger partial charge in [0.25, 0.3) is 0 Å². The van der Waals surface area contributed by atoms with E-state index in [0.717, 1.165) is 12.8 Å². The Morgan fingerprint density at radius 3 is 2.35 bits per heavy atom. The molecule has 0 heterocycles. The average molecular weight is 259 g/mol. The molecule has 2 amide bonds. The predicted octanol–water partition coefficient (Wildman–Crippen LogP) is 0.330. The van der Waals surface area contributed by atoms with Crippen molar-refractivity contribution >= 4 is 29.0 Å². The monoisotopic (exact) mass is 259 g/mol. The predicted molar refractivity (Wildman–Crippen MR) is 71.5 cm³/mol. The highest BCUT2D eigenvalue weighted by atomic mass is 32.1. The molecule has 0 aliphatic carbocycles. The van der Waals surface area contributed by atoms with Crippen molar-refractivity contribution in [3.05, 3.63) is 0 Å².